The third-order valence-corrected chi connectivity index (χ3v) is 5.41. The molecule has 3 aromatic carbocycles. The van der Waals surface area contributed by atoms with Crippen molar-refractivity contribution in [2.75, 3.05) is 11.9 Å². The zero-order chi connectivity index (χ0) is 24.8. The zero-order valence-corrected chi connectivity index (χ0v) is 18.9. The minimum atomic E-state index is -0.894. The first-order chi connectivity index (χ1) is 16.2. The van der Waals surface area contributed by atoms with Crippen molar-refractivity contribution >= 4 is 23.5 Å². The number of carbonyl (C=O) groups is 3. The summed E-state index contributed by atoms with van der Waals surface area (Å²) < 4.78 is 19.4. The van der Waals surface area contributed by atoms with Gasteiger partial charge in [0.25, 0.3) is 5.91 Å². The van der Waals surface area contributed by atoms with Crippen LogP contribution >= 0.6 is 0 Å². The Hall–Kier alpha value is -4.04. The van der Waals surface area contributed by atoms with E-state index >= 15 is 0 Å². The van der Waals surface area contributed by atoms with Gasteiger partial charge in [0.1, 0.15) is 12.4 Å². The molecule has 0 aliphatic heterocycles. The Labute approximate surface area is 196 Å². The summed E-state index contributed by atoms with van der Waals surface area (Å²) >= 11 is 0. The van der Waals surface area contributed by atoms with E-state index in [4.69, 9.17) is 16.2 Å². The molecule has 1 atom stereocenters. The Morgan fingerprint density at radius 1 is 0.971 bits per heavy atom. The summed E-state index contributed by atoms with van der Waals surface area (Å²) in [6.45, 7) is 3.92. The predicted molar refractivity (Wildman–Crippen MR) is 127 cm³/mol. The lowest BCUT2D eigenvalue weighted by atomic mass is 9.97. The summed E-state index contributed by atoms with van der Waals surface area (Å²) in [4.78, 5) is 36.2. The number of primary amides is 1. The highest BCUT2D eigenvalue weighted by Gasteiger charge is 2.20. The maximum atomic E-state index is 14.0. The Bertz CT molecular complexity index is 1230. The third kappa shape index (κ3) is 5.85. The van der Waals surface area contributed by atoms with Crippen molar-refractivity contribution < 1.29 is 23.5 Å². The quantitative estimate of drug-likeness (QED) is 0.441. The molecule has 8 heteroatoms. The topological polar surface area (TPSA) is 125 Å². The van der Waals surface area contributed by atoms with Crippen LogP contribution in [-0.2, 0) is 16.1 Å². The summed E-state index contributed by atoms with van der Waals surface area (Å²) in [6, 6.07) is 16.1. The zero-order valence-electron chi connectivity index (χ0n) is 18.9. The average molecular weight is 464 g/mol. The van der Waals surface area contributed by atoms with E-state index in [1.807, 2.05) is 26.0 Å². The Morgan fingerprint density at radius 3 is 2.24 bits per heavy atom. The first kappa shape index (κ1) is 24.6. The van der Waals surface area contributed by atoms with Crippen molar-refractivity contribution in [2.24, 2.45) is 11.5 Å². The van der Waals surface area contributed by atoms with Gasteiger partial charge in [0.05, 0.1) is 17.0 Å². The number of esters is 1. The molecule has 0 aliphatic rings. The van der Waals surface area contributed by atoms with Crippen molar-refractivity contribution in [3.05, 3.63) is 99.9 Å². The second-order valence-corrected chi connectivity index (χ2v) is 7.97. The number of hydrogen-bond donors (Lipinski definition) is 3. The van der Waals surface area contributed by atoms with E-state index in [9.17, 15) is 18.8 Å². The first-order valence-electron chi connectivity index (χ1n) is 10.6. The smallest absolute Gasteiger partial charge is 0.338 e. The number of rotatable bonds is 8. The van der Waals surface area contributed by atoms with Crippen LogP contribution in [0, 0.1) is 19.7 Å². The number of nitrogens with two attached hydrogens (primary N) is 2. The number of hydrogen-bond acceptors (Lipinski definition) is 5. The molecule has 0 heterocycles. The molecule has 0 fully saturated rings. The van der Waals surface area contributed by atoms with Crippen LogP contribution < -0.4 is 16.8 Å². The van der Waals surface area contributed by atoms with Crippen LogP contribution in [0.25, 0.3) is 0 Å². The minimum absolute atomic E-state index is 0.0225. The molecule has 1 unspecified atom stereocenters. The maximum Gasteiger partial charge on any atom is 0.338 e. The number of carbonyl (C=O) groups excluding carboxylic acids is 3. The van der Waals surface area contributed by atoms with Gasteiger partial charge in [0.15, 0.2) is 0 Å². The lowest BCUT2D eigenvalue weighted by Gasteiger charge is -2.16. The lowest BCUT2D eigenvalue weighted by Crippen LogP contribution is -2.27. The molecule has 3 aromatic rings. The number of nitrogens with one attached hydrogen (secondary N) is 1. The molecule has 34 heavy (non-hydrogen) atoms. The minimum Gasteiger partial charge on any atom is -0.457 e. The molecule has 0 saturated heterocycles. The normalized spacial score (nSPS) is 11.5. The van der Waals surface area contributed by atoms with Crippen molar-refractivity contribution in [3.8, 4) is 0 Å². The van der Waals surface area contributed by atoms with E-state index in [2.05, 4.69) is 5.32 Å². The van der Waals surface area contributed by atoms with Gasteiger partial charge in [-0.15, -0.1) is 0 Å². The van der Waals surface area contributed by atoms with Crippen LogP contribution in [0.3, 0.4) is 0 Å². The number of halogens is 1. The fourth-order valence-corrected chi connectivity index (χ4v) is 3.53. The van der Waals surface area contributed by atoms with Gasteiger partial charge in [-0.1, -0.05) is 42.0 Å². The number of amides is 2. The summed E-state index contributed by atoms with van der Waals surface area (Å²) in [5.41, 5.74) is 14.7. The molecule has 0 saturated carbocycles. The Morgan fingerprint density at radius 2 is 1.65 bits per heavy atom. The van der Waals surface area contributed by atoms with E-state index in [1.165, 1.54) is 12.1 Å². The average Bonchev–Trinajstić information content (AvgIpc) is 2.78. The van der Waals surface area contributed by atoms with Gasteiger partial charge >= 0.3 is 5.97 Å². The molecular weight excluding hydrogens is 437 g/mol. The van der Waals surface area contributed by atoms with Gasteiger partial charge in [0.2, 0.25) is 5.91 Å². The third-order valence-electron chi connectivity index (χ3n) is 5.41. The summed E-state index contributed by atoms with van der Waals surface area (Å²) in [5, 5.41) is 2.60. The Balaban J connectivity index is 1.63. The lowest BCUT2D eigenvalue weighted by molar-refractivity contribution is -0.117. The van der Waals surface area contributed by atoms with Gasteiger partial charge in [-0.3, -0.25) is 9.59 Å². The monoisotopic (exact) mass is 463 g/mol. The fourth-order valence-electron chi connectivity index (χ4n) is 3.53. The molecule has 5 N–H and O–H groups in total. The highest BCUT2D eigenvalue weighted by Crippen LogP contribution is 2.21. The number of aryl methyl sites for hydroxylation is 2. The standard InChI is InChI=1S/C26H26FN3O4/c1-15-3-9-20(16(2)11-15)26(33)34-14-17-4-6-18(7-5-17)22(13-28)25(32)30-19-8-10-21(24(29)31)23(27)12-19/h3-12,22H,13-14,28H2,1-2H3,(H2,29,31)(H,30,32). The molecule has 176 valence electrons. The molecule has 0 radical (unpaired) electrons. The van der Waals surface area contributed by atoms with Crippen molar-refractivity contribution in [3.63, 3.8) is 0 Å². The molecule has 0 aliphatic carbocycles. The number of anilines is 1. The van der Waals surface area contributed by atoms with Crippen molar-refractivity contribution in [1.29, 1.82) is 0 Å². The van der Waals surface area contributed by atoms with Crippen molar-refractivity contribution in [1.82, 2.24) is 0 Å². The SMILES string of the molecule is Cc1ccc(C(=O)OCc2ccc(C(CN)C(=O)Nc3ccc(C(N)=O)c(F)c3)cc2)c(C)c1. The van der Waals surface area contributed by atoms with Crippen LogP contribution in [0.5, 0.6) is 0 Å². The summed E-state index contributed by atoms with van der Waals surface area (Å²) in [5.74, 6) is -3.24. The van der Waals surface area contributed by atoms with E-state index in [0.29, 0.717) is 11.1 Å². The van der Waals surface area contributed by atoms with E-state index in [1.54, 1.807) is 30.3 Å². The van der Waals surface area contributed by atoms with Crippen molar-refractivity contribution in [2.45, 2.75) is 26.4 Å². The summed E-state index contributed by atoms with van der Waals surface area (Å²) in [7, 11) is 0. The van der Waals surface area contributed by atoms with Crippen LogP contribution in [0.15, 0.2) is 60.7 Å². The Kier molecular flexibility index (Phi) is 7.75. The highest BCUT2D eigenvalue weighted by molar-refractivity contribution is 5.97. The molecule has 7 nitrogen and oxygen atoms in total. The second-order valence-electron chi connectivity index (χ2n) is 7.97. The van der Waals surface area contributed by atoms with Gasteiger partial charge < -0.3 is 21.5 Å². The fraction of sp³-hybridized carbons (Fsp3) is 0.192. The molecule has 0 aromatic heterocycles. The molecule has 3 rings (SSSR count). The number of benzene rings is 3. The maximum absolute atomic E-state index is 14.0. The van der Waals surface area contributed by atoms with Gasteiger partial charge in [-0.2, -0.15) is 0 Å². The van der Waals surface area contributed by atoms with Gasteiger partial charge in [-0.25, -0.2) is 9.18 Å². The van der Waals surface area contributed by atoms with Gasteiger partial charge in [-0.05, 0) is 54.8 Å². The van der Waals surface area contributed by atoms with E-state index in [-0.39, 0.29) is 24.4 Å². The molecule has 0 bridgehead atoms. The molecule has 2 amide bonds. The second kappa shape index (κ2) is 10.7. The van der Waals surface area contributed by atoms with Crippen LogP contribution in [0.4, 0.5) is 10.1 Å². The van der Waals surface area contributed by atoms with Crippen LogP contribution in [0.1, 0.15) is 48.9 Å². The van der Waals surface area contributed by atoms with Gasteiger partial charge in [0, 0.05) is 12.2 Å². The van der Waals surface area contributed by atoms with Crippen LogP contribution in [-0.4, -0.2) is 24.3 Å². The first-order valence-corrected chi connectivity index (χ1v) is 10.6. The van der Waals surface area contributed by atoms with E-state index < -0.39 is 29.5 Å². The molecular formula is C26H26FN3O4. The van der Waals surface area contributed by atoms with Crippen LogP contribution in [0.2, 0.25) is 0 Å². The number of ether oxygens (including phenoxy) is 1. The van der Waals surface area contributed by atoms with E-state index in [0.717, 1.165) is 22.8 Å². The predicted octanol–water partition coefficient (Wildman–Crippen LogP) is 3.58. The molecule has 0 spiro atoms. The largest absolute Gasteiger partial charge is 0.457 e. The summed E-state index contributed by atoms with van der Waals surface area (Å²) in [6.07, 6.45) is 0. The highest BCUT2D eigenvalue weighted by atomic mass is 19.1.